The number of fused-ring (bicyclic) bond motifs is 1. The van der Waals surface area contributed by atoms with Crippen LogP contribution >= 0.6 is 0 Å². The minimum absolute atomic E-state index is 0.0889. The van der Waals surface area contributed by atoms with Gasteiger partial charge in [-0.15, -0.1) is 0 Å². The Morgan fingerprint density at radius 2 is 2.24 bits per heavy atom. The van der Waals surface area contributed by atoms with Crippen LogP contribution in [0.15, 0.2) is 36.8 Å². The molecule has 3 aromatic rings. The molecule has 2 aromatic heterocycles. The molecule has 146 valence electrons. The van der Waals surface area contributed by atoms with E-state index in [0.717, 1.165) is 36.0 Å². The summed E-state index contributed by atoms with van der Waals surface area (Å²) in [5, 5.41) is 23.9. The van der Waals surface area contributed by atoms with Crippen molar-refractivity contribution in [3.63, 3.8) is 0 Å². The second-order valence-corrected chi connectivity index (χ2v) is 6.92. The molecule has 1 aromatic carbocycles. The van der Waals surface area contributed by atoms with Crippen LogP contribution in [0.4, 0.5) is 15.8 Å². The minimum Gasteiger partial charge on any atom is -0.481 e. The van der Waals surface area contributed by atoms with E-state index in [9.17, 15) is 4.39 Å². The first-order valence-corrected chi connectivity index (χ1v) is 9.22. The van der Waals surface area contributed by atoms with Gasteiger partial charge in [-0.1, -0.05) is 0 Å². The van der Waals surface area contributed by atoms with Crippen molar-refractivity contribution in [2.24, 2.45) is 7.05 Å². The SMILES string of the molecule is Cn1cc(Nc2cc(O[C@H]3CCCc4cc(C#N)cnc43)c(F)cc2C=N)cn1. The third-order valence-electron chi connectivity index (χ3n) is 4.86. The molecule has 0 saturated carbocycles. The molecule has 1 aliphatic rings. The maximum absolute atomic E-state index is 14.7. The van der Waals surface area contributed by atoms with Crippen molar-refractivity contribution in [2.75, 3.05) is 5.32 Å². The highest BCUT2D eigenvalue weighted by molar-refractivity contribution is 5.88. The van der Waals surface area contributed by atoms with Crippen molar-refractivity contribution >= 4 is 17.6 Å². The topological polar surface area (TPSA) is 99.6 Å². The van der Waals surface area contributed by atoms with Crippen molar-refractivity contribution < 1.29 is 9.13 Å². The number of aromatic nitrogens is 3. The average Bonchev–Trinajstić information content (AvgIpc) is 3.14. The van der Waals surface area contributed by atoms with Gasteiger partial charge in [0.15, 0.2) is 11.6 Å². The maximum Gasteiger partial charge on any atom is 0.165 e. The number of ether oxygens (including phenoxy) is 1. The van der Waals surface area contributed by atoms with Crippen LogP contribution in [0, 0.1) is 22.6 Å². The van der Waals surface area contributed by atoms with Gasteiger partial charge in [0.25, 0.3) is 0 Å². The zero-order chi connectivity index (χ0) is 20.4. The molecule has 0 amide bonds. The van der Waals surface area contributed by atoms with Crippen LogP contribution in [-0.4, -0.2) is 21.0 Å². The Morgan fingerprint density at radius 1 is 1.38 bits per heavy atom. The summed E-state index contributed by atoms with van der Waals surface area (Å²) in [5.41, 5.74) is 3.89. The molecule has 0 bridgehead atoms. The van der Waals surface area contributed by atoms with Crippen LogP contribution in [0.3, 0.4) is 0 Å². The third-order valence-corrected chi connectivity index (χ3v) is 4.86. The number of rotatable bonds is 5. The van der Waals surface area contributed by atoms with Crippen LogP contribution in [0.1, 0.15) is 41.3 Å². The van der Waals surface area contributed by atoms with E-state index in [2.05, 4.69) is 21.5 Å². The Bertz CT molecular complexity index is 1120. The fraction of sp³-hybridized carbons (Fsp3) is 0.238. The van der Waals surface area contributed by atoms with Crippen LogP contribution in [0.25, 0.3) is 0 Å². The molecule has 1 aliphatic carbocycles. The largest absolute Gasteiger partial charge is 0.481 e. The number of pyridine rings is 1. The lowest BCUT2D eigenvalue weighted by Gasteiger charge is -2.26. The van der Waals surface area contributed by atoms with E-state index in [1.165, 1.54) is 12.3 Å². The molecule has 29 heavy (non-hydrogen) atoms. The second kappa shape index (κ2) is 7.72. The first kappa shape index (κ1) is 18.6. The van der Waals surface area contributed by atoms with E-state index < -0.39 is 11.9 Å². The number of aryl methyl sites for hydroxylation is 2. The van der Waals surface area contributed by atoms with Crippen molar-refractivity contribution in [3.05, 3.63) is 65.0 Å². The quantitative estimate of drug-likeness (QED) is 0.641. The Hall–Kier alpha value is -3.73. The van der Waals surface area contributed by atoms with Gasteiger partial charge in [0, 0.05) is 37.3 Å². The number of hydrogen-bond donors (Lipinski definition) is 2. The average molecular weight is 390 g/mol. The molecule has 0 radical (unpaired) electrons. The van der Waals surface area contributed by atoms with Crippen LogP contribution < -0.4 is 10.1 Å². The number of benzene rings is 1. The molecule has 0 fully saturated rings. The molecule has 8 heteroatoms. The summed E-state index contributed by atoms with van der Waals surface area (Å²) in [6.07, 6.45) is 8.05. The lowest BCUT2D eigenvalue weighted by atomic mass is 9.93. The summed E-state index contributed by atoms with van der Waals surface area (Å²) in [4.78, 5) is 4.39. The number of hydrogen-bond acceptors (Lipinski definition) is 6. The first-order valence-electron chi connectivity index (χ1n) is 9.22. The standard InChI is InChI=1S/C21H19FN6O/c1-28-12-16(11-26-28)27-18-7-20(17(22)6-15(18)9-24)29-19-4-2-3-14-5-13(8-23)10-25-21(14)19/h5-7,9-12,19,24,27H,2-4H2,1H3/t19-/m0/s1. The molecule has 4 rings (SSSR count). The monoisotopic (exact) mass is 390 g/mol. The summed E-state index contributed by atoms with van der Waals surface area (Å²) in [6, 6.07) is 6.75. The normalized spacial score (nSPS) is 15.3. The van der Waals surface area contributed by atoms with Gasteiger partial charge in [0.1, 0.15) is 12.2 Å². The number of halogens is 1. The van der Waals surface area contributed by atoms with E-state index in [4.69, 9.17) is 15.4 Å². The summed E-state index contributed by atoms with van der Waals surface area (Å²) in [5.74, 6) is -0.452. The summed E-state index contributed by atoms with van der Waals surface area (Å²) in [7, 11) is 1.80. The Kier molecular flexibility index (Phi) is 4.96. The van der Waals surface area contributed by atoms with Gasteiger partial charge < -0.3 is 15.5 Å². The molecule has 0 saturated heterocycles. The smallest absolute Gasteiger partial charge is 0.165 e. The highest BCUT2D eigenvalue weighted by Crippen LogP contribution is 2.36. The lowest BCUT2D eigenvalue weighted by Crippen LogP contribution is -2.18. The molecule has 2 heterocycles. The van der Waals surface area contributed by atoms with Crippen molar-refractivity contribution in [3.8, 4) is 11.8 Å². The predicted octanol–water partition coefficient (Wildman–Crippen LogP) is 4.02. The maximum atomic E-state index is 14.7. The zero-order valence-electron chi connectivity index (χ0n) is 15.8. The molecular weight excluding hydrogens is 371 g/mol. The highest BCUT2D eigenvalue weighted by Gasteiger charge is 2.25. The van der Waals surface area contributed by atoms with Crippen molar-refractivity contribution in [2.45, 2.75) is 25.4 Å². The van der Waals surface area contributed by atoms with E-state index in [1.807, 2.05) is 6.07 Å². The molecule has 7 nitrogen and oxygen atoms in total. The van der Waals surface area contributed by atoms with Gasteiger partial charge in [-0.25, -0.2) is 4.39 Å². The van der Waals surface area contributed by atoms with E-state index in [-0.39, 0.29) is 5.75 Å². The molecule has 0 aliphatic heterocycles. The number of anilines is 2. The van der Waals surface area contributed by atoms with Crippen LogP contribution in [0.5, 0.6) is 5.75 Å². The highest BCUT2D eigenvalue weighted by atomic mass is 19.1. The lowest BCUT2D eigenvalue weighted by molar-refractivity contribution is 0.170. The van der Waals surface area contributed by atoms with Gasteiger partial charge in [-0.05, 0) is 37.0 Å². The molecule has 1 atom stereocenters. The zero-order valence-corrected chi connectivity index (χ0v) is 15.8. The number of nitrogens with zero attached hydrogens (tertiary/aromatic N) is 4. The van der Waals surface area contributed by atoms with E-state index >= 15 is 0 Å². The summed E-state index contributed by atoms with van der Waals surface area (Å²) in [6.45, 7) is 0. The fourth-order valence-electron chi connectivity index (χ4n) is 3.48. The summed E-state index contributed by atoms with van der Waals surface area (Å²) >= 11 is 0. The Labute approximate surface area is 167 Å². The molecular formula is C21H19FN6O. The van der Waals surface area contributed by atoms with Crippen molar-refractivity contribution in [1.29, 1.82) is 10.7 Å². The molecule has 2 N–H and O–H groups in total. The van der Waals surface area contributed by atoms with Crippen LogP contribution in [-0.2, 0) is 13.5 Å². The number of nitriles is 1. The van der Waals surface area contributed by atoms with E-state index in [0.29, 0.717) is 23.2 Å². The Morgan fingerprint density at radius 3 is 2.97 bits per heavy atom. The fourth-order valence-corrected chi connectivity index (χ4v) is 3.48. The molecule has 0 unspecified atom stereocenters. The second-order valence-electron chi connectivity index (χ2n) is 6.92. The third kappa shape index (κ3) is 3.80. The van der Waals surface area contributed by atoms with Crippen LogP contribution in [0.2, 0.25) is 0 Å². The van der Waals surface area contributed by atoms with Gasteiger partial charge in [-0.2, -0.15) is 10.4 Å². The van der Waals surface area contributed by atoms with Gasteiger partial charge in [0.05, 0.1) is 28.8 Å². The summed E-state index contributed by atoms with van der Waals surface area (Å²) < 4.78 is 22.3. The Balaban J connectivity index is 1.65. The predicted molar refractivity (Wildman–Crippen MR) is 106 cm³/mol. The first-order chi connectivity index (χ1) is 14.1. The minimum atomic E-state index is -0.541. The van der Waals surface area contributed by atoms with E-state index in [1.54, 1.807) is 30.2 Å². The number of nitrogens with one attached hydrogen (secondary N) is 2. The van der Waals surface area contributed by atoms with Crippen molar-refractivity contribution in [1.82, 2.24) is 14.8 Å². The van der Waals surface area contributed by atoms with Gasteiger partial charge in [-0.3, -0.25) is 9.67 Å². The molecule has 0 spiro atoms. The van der Waals surface area contributed by atoms with Gasteiger partial charge in [0.2, 0.25) is 0 Å². The van der Waals surface area contributed by atoms with Gasteiger partial charge >= 0.3 is 0 Å².